The Labute approximate surface area is 164 Å². The van der Waals surface area contributed by atoms with Gasteiger partial charge in [0.15, 0.2) is 0 Å². The van der Waals surface area contributed by atoms with Gasteiger partial charge in [0, 0.05) is 25.0 Å². The summed E-state index contributed by atoms with van der Waals surface area (Å²) in [4.78, 5) is 19.1. The molecule has 28 heavy (non-hydrogen) atoms. The van der Waals surface area contributed by atoms with E-state index in [1.54, 1.807) is 18.5 Å². The largest absolute Gasteiger partial charge is 0.378 e. The van der Waals surface area contributed by atoms with E-state index < -0.39 is 0 Å². The zero-order chi connectivity index (χ0) is 19.2. The minimum atomic E-state index is -0.191. The molecule has 3 aromatic rings. The van der Waals surface area contributed by atoms with Crippen LogP contribution >= 0.6 is 0 Å². The molecule has 0 unspecified atom stereocenters. The second-order valence-electron chi connectivity index (χ2n) is 6.52. The monoisotopic (exact) mass is 374 g/mol. The summed E-state index contributed by atoms with van der Waals surface area (Å²) >= 11 is 0. The Hall–Kier alpha value is -3.38. The number of hydrogen-bond donors (Lipinski definition) is 2. The Balaban J connectivity index is 1.52. The number of rotatable bonds is 5. The van der Waals surface area contributed by atoms with E-state index >= 15 is 0 Å². The van der Waals surface area contributed by atoms with E-state index in [2.05, 4.69) is 26.6 Å². The second-order valence-corrected chi connectivity index (χ2v) is 6.52. The van der Waals surface area contributed by atoms with Crippen molar-refractivity contribution in [2.75, 3.05) is 41.8 Å². The van der Waals surface area contributed by atoms with Gasteiger partial charge in [0.2, 0.25) is 0 Å². The van der Waals surface area contributed by atoms with Gasteiger partial charge in [-0.25, -0.2) is 0 Å². The van der Waals surface area contributed by atoms with Crippen LogP contribution in [0, 0.1) is 0 Å². The third-order valence-corrected chi connectivity index (χ3v) is 4.57. The molecule has 1 amide bonds. The van der Waals surface area contributed by atoms with Gasteiger partial charge >= 0.3 is 0 Å². The Morgan fingerprint density at radius 3 is 2.50 bits per heavy atom. The average Bonchev–Trinajstić information content (AvgIpc) is 2.76. The number of hydrogen-bond acceptors (Lipinski definition) is 5. The minimum Gasteiger partial charge on any atom is -0.378 e. The van der Waals surface area contributed by atoms with Crippen LogP contribution in [-0.4, -0.2) is 37.2 Å². The molecule has 2 N–H and O–H groups in total. The lowest BCUT2D eigenvalue weighted by molar-refractivity contribution is 0.102. The van der Waals surface area contributed by atoms with Gasteiger partial charge < -0.3 is 20.3 Å². The zero-order valence-electron chi connectivity index (χ0n) is 15.5. The van der Waals surface area contributed by atoms with E-state index in [1.807, 2.05) is 48.5 Å². The van der Waals surface area contributed by atoms with Crippen molar-refractivity contribution in [3.8, 4) is 0 Å². The number of anilines is 4. The molecule has 0 radical (unpaired) electrons. The van der Waals surface area contributed by atoms with E-state index in [4.69, 9.17) is 4.74 Å². The summed E-state index contributed by atoms with van der Waals surface area (Å²) in [5, 5.41) is 6.29. The van der Waals surface area contributed by atoms with Crippen molar-refractivity contribution in [3.05, 3.63) is 78.6 Å². The van der Waals surface area contributed by atoms with Crippen LogP contribution in [0.4, 0.5) is 22.7 Å². The van der Waals surface area contributed by atoms with Crippen LogP contribution in [0.2, 0.25) is 0 Å². The van der Waals surface area contributed by atoms with Gasteiger partial charge in [0.1, 0.15) is 0 Å². The molecular formula is C22H22N4O2. The Morgan fingerprint density at radius 1 is 0.929 bits per heavy atom. The summed E-state index contributed by atoms with van der Waals surface area (Å²) in [6, 6.07) is 19.3. The van der Waals surface area contributed by atoms with Crippen LogP contribution in [-0.2, 0) is 4.74 Å². The van der Waals surface area contributed by atoms with Crippen LogP contribution in [0.25, 0.3) is 0 Å². The maximum Gasteiger partial charge on any atom is 0.257 e. The van der Waals surface area contributed by atoms with Crippen molar-refractivity contribution in [3.63, 3.8) is 0 Å². The number of ether oxygens (including phenoxy) is 1. The lowest BCUT2D eigenvalue weighted by Gasteiger charge is -2.30. The first-order chi connectivity index (χ1) is 13.8. The molecule has 0 bridgehead atoms. The second kappa shape index (κ2) is 8.54. The van der Waals surface area contributed by atoms with Crippen molar-refractivity contribution >= 4 is 28.7 Å². The lowest BCUT2D eigenvalue weighted by Crippen LogP contribution is -2.36. The summed E-state index contributed by atoms with van der Waals surface area (Å²) in [5.41, 5.74) is 4.11. The third kappa shape index (κ3) is 4.29. The average molecular weight is 374 g/mol. The number of aromatic nitrogens is 1. The molecule has 1 aromatic heterocycles. The number of carbonyl (C=O) groups excluding carboxylic acids is 1. The number of nitrogens with zero attached hydrogens (tertiary/aromatic N) is 2. The van der Waals surface area contributed by atoms with Gasteiger partial charge in [0.25, 0.3) is 5.91 Å². The van der Waals surface area contributed by atoms with Crippen molar-refractivity contribution < 1.29 is 9.53 Å². The van der Waals surface area contributed by atoms with Crippen molar-refractivity contribution in [2.24, 2.45) is 0 Å². The molecule has 2 heterocycles. The molecule has 1 aliphatic heterocycles. The first kappa shape index (κ1) is 18.0. The number of benzene rings is 2. The fourth-order valence-corrected chi connectivity index (χ4v) is 3.17. The van der Waals surface area contributed by atoms with Gasteiger partial charge in [0.05, 0.1) is 42.0 Å². The highest BCUT2D eigenvalue weighted by Gasteiger charge is 2.15. The van der Waals surface area contributed by atoms with Crippen LogP contribution < -0.4 is 15.5 Å². The Morgan fingerprint density at radius 2 is 1.68 bits per heavy atom. The van der Waals surface area contributed by atoms with E-state index in [0.29, 0.717) is 5.56 Å². The SMILES string of the molecule is O=C(Nc1ccccc1)c1cncc(Nc2ccccc2N2CCOCC2)c1. The summed E-state index contributed by atoms with van der Waals surface area (Å²) in [7, 11) is 0. The number of pyridine rings is 1. The van der Waals surface area contributed by atoms with Gasteiger partial charge in [-0.2, -0.15) is 0 Å². The molecule has 2 aromatic carbocycles. The smallest absolute Gasteiger partial charge is 0.257 e. The highest BCUT2D eigenvalue weighted by molar-refractivity contribution is 6.04. The van der Waals surface area contributed by atoms with Gasteiger partial charge in [-0.15, -0.1) is 0 Å². The first-order valence-electron chi connectivity index (χ1n) is 9.30. The predicted octanol–water partition coefficient (Wildman–Crippen LogP) is 3.91. The molecule has 4 rings (SSSR count). The van der Waals surface area contributed by atoms with E-state index in [0.717, 1.165) is 49.1 Å². The number of nitrogens with one attached hydrogen (secondary N) is 2. The van der Waals surface area contributed by atoms with E-state index in [9.17, 15) is 4.79 Å². The number of amides is 1. The summed E-state index contributed by atoms with van der Waals surface area (Å²) < 4.78 is 5.45. The van der Waals surface area contributed by atoms with Gasteiger partial charge in [-0.3, -0.25) is 9.78 Å². The van der Waals surface area contributed by atoms with Crippen molar-refractivity contribution in [1.29, 1.82) is 0 Å². The fourth-order valence-electron chi connectivity index (χ4n) is 3.17. The van der Waals surface area contributed by atoms with Crippen LogP contribution in [0.3, 0.4) is 0 Å². The first-order valence-corrected chi connectivity index (χ1v) is 9.30. The number of morpholine rings is 1. The molecule has 142 valence electrons. The standard InChI is InChI=1S/C22H22N4O2/c27-22(25-18-6-2-1-3-7-18)17-14-19(16-23-15-17)24-20-8-4-5-9-21(20)26-10-12-28-13-11-26/h1-9,14-16,24H,10-13H2,(H,25,27). The minimum absolute atomic E-state index is 0.191. The van der Waals surface area contributed by atoms with Crippen LogP contribution in [0.5, 0.6) is 0 Å². The Kier molecular flexibility index (Phi) is 5.49. The maximum atomic E-state index is 12.5. The molecule has 1 fully saturated rings. The van der Waals surface area contributed by atoms with Crippen LogP contribution in [0.15, 0.2) is 73.1 Å². The van der Waals surface area contributed by atoms with Crippen molar-refractivity contribution in [2.45, 2.75) is 0 Å². The Bertz CT molecular complexity index is 940. The highest BCUT2D eigenvalue weighted by atomic mass is 16.5. The quantitative estimate of drug-likeness (QED) is 0.709. The molecule has 0 aliphatic carbocycles. The van der Waals surface area contributed by atoms with Gasteiger partial charge in [-0.05, 0) is 30.3 Å². The summed E-state index contributed by atoms with van der Waals surface area (Å²) in [5.74, 6) is -0.191. The third-order valence-electron chi connectivity index (χ3n) is 4.57. The van der Waals surface area contributed by atoms with Crippen molar-refractivity contribution in [1.82, 2.24) is 4.98 Å². The molecule has 0 atom stereocenters. The molecule has 6 heteroatoms. The molecule has 1 aliphatic rings. The van der Waals surface area contributed by atoms with Crippen LogP contribution in [0.1, 0.15) is 10.4 Å². The number of carbonyl (C=O) groups is 1. The molecule has 1 saturated heterocycles. The molecule has 0 spiro atoms. The van der Waals surface area contributed by atoms with E-state index in [-0.39, 0.29) is 5.91 Å². The van der Waals surface area contributed by atoms with Gasteiger partial charge in [-0.1, -0.05) is 30.3 Å². The zero-order valence-corrected chi connectivity index (χ0v) is 15.5. The predicted molar refractivity (Wildman–Crippen MR) is 111 cm³/mol. The molecule has 6 nitrogen and oxygen atoms in total. The summed E-state index contributed by atoms with van der Waals surface area (Å²) in [6.07, 6.45) is 3.28. The topological polar surface area (TPSA) is 66.5 Å². The highest BCUT2D eigenvalue weighted by Crippen LogP contribution is 2.29. The normalized spacial score (nSPS) is 13.8. The fraction of sp³-hybridized carbons (Fsp3) is 0.182. The molecule has 0 saturated carbocycles. The lowest BCUT2D eigenvalue weighted by atomic mass is 10.2. The maximum absolute atomic E-state index is 12.5. The number of para-hydroxylation sites is 3. The summed E-state index contributed by atoms with van der Waals surface area (Å²) in [6.45, 7) is 3.17. The van der Waals surface area contributed by atoms with E-state index in [1.165, 1.54) is 0 Å². The molecular weight excluding hydrogens is 352 g/mol.